The van der Waals surface area contributed by atoms with Gasteiger partial charge >= 0.3 is 0 Å². The molecule has 0 aliphatic heterocycles. The molecule has 0 unspecified atom stereocenters. The van der Waals surface area contributed by atoms with Crippen molar-refractivity contribution in [2.75, 3.05) is 7.11 Å². The van der Waals surface area contributed by atoms with Gasteiger partial charge in [-0.15, -0.1) is 0 Å². The highest BCUT2D eigenvalue weighted by Crippen LogP contribution is 2.30. The first kappa shape index (κ1) is 12.0. The molecule has 92 valence electrons. The van der Waals surface area contributed by atoms with Gasteiger partial charge in [-0.25, -0.2) is 0 Å². The van der Waals surface area contributed by atoms with Gasteiger partial charge in [0.25, 0.3) is 0 Å². The second kappa shape index (κ2) is 4.81. The van der Waals surface area contributed by atoms with Crippen molar-refractivity contribution in [3.8, 4) is 17.0 Å². The normalized spacial score (nSPS) is 9.94. The van der Waals surface area contributed by atoms with Crippen LogP contribution in [0.4, 0.5) is 5.82 Å². The molecule has 1 aromatic heterocycles. The fourth-order valence-electron chi connectivity index (χ4n) is 1.83. The molecule has 0 fully saturated rings. The van der Waals surface area contributed by atoms with E-state index in [9.17, 15) is 0 Å². The summed E-state index contributed by atoms with van der Waals surface area (Å²) in [4.78, 5) is 2.71. The van der Waals surface area contributed by atoms with Gasteiger partial charge in [0.15, 0.2) is 0 Å². The highest BCUT2D eigenvalue weighted by molar-refractivity contribution is 5.68. The van der Waals surface area contributed by atoms with Crippen LogP contribution in [-0.2, 0) is 0 Å². The molecule has 0 radical (unpaired) electrons. The van der Waals surface area contributed by atoms with Gasteiger partial charge in [0.2, 0.25) is 0 Å². The molecule has 2 rings (SSSR count). The summed E-state index contributed by atoms with van der Waals surface area (Å²) in [7, 11) is 1.65. The van der Waals surface area contributed by atoms with E-state index in [-0.39, 0.29) is 0 Å². The Balaban J connectivity index is 2.49. The Morgan fingerprint density at radius 3 is 2.72 bits per heavy atom. The van der Waals surface area contributed by atoms with Crippen LogP contribution in [0, 0.1) is 13.8 Å². The van der Waals surface area contributed by atoms with E-state index < -0.39 is 0 Å². The minimum absolute atomic E-state index is 0.403. The smallest absolute Gasteiger partial charge is 0.122 e. The number of azide groups is 1. The number of nitrogens with one attached hydrogen (secondary N) is 1. The summed E-state index contributed by atoms with van der Waals surface area (Å²) in [5, 5.41) is 10.3. The summed E-state index contributed by atoms with van der Waals surface area (Å²) < 4.78 is 5.27. The van der Waals surface area contributed by atoms with Gasteiger partial charge < -0.3 is 4.74 Å². The van der Waals surface area contributed by atoms with Gasteiger partial charge in [0.1, 0.15) is 11.6 Å². The molecule has 0 saturated carbocycles. The van der Waals surface area contributed by atoms with Crippen molar-refractivity contribution in [1.29, 1.82) is 0 Å². The number of nitrogens with zero attached hydrogens (tertiary/aromatic N) is 4. The van der Waals surface area contributed by atoms with Gasteiger partial charge in [-0.3, -0.25) is 5.10 Å². The fourth-order valence-corrected chi connectivity index (χ4v) is 1.83. The molecule has 0 atom stereocenters. The van der Waals surface area contributed by atoms with Gasteiger partial charge in [0.05, 0.1) is 12.8 Å². The van der Waals surface area contributed by atoms with Crippen LogP contribution in [0.5, 0.6) is 5.75 Å². The minimum atomic E-state index is 0.403. The lowest BCUT2D eigenvalue weighted by molar-refractivity contribution is 0.411. The summed E-state index contributed by atoms with van der Waals surface area (Å²) >= 11 is 0. The van der Waals surface area contributed by atoms with Gasteiger partial charge in [-0.05, 0) is 53.8 Å². The molecule has 0 aliphatic carbocycles. The molecule has 0 aliphatic rings. The summed E-state index contributed by atoms with van der Waals surface area (Å²) in [6.45, 7) is 3.96. The largest absolute Gasteiger partial charge is 0.496 e. The molecule has 1 heterocycles. The topological polar surface area (TPSA) is 86.7 Å². The van der Waals surface area contributed by atoms with Crippen LogP contribution in [0.3, 0.4) is 0 Å². The average molecular weight is 243 g/mol. The van der Waals surface area contributed by atoms with Crippen molar-refractivity contribution in [3.63, 3.8) is 0 Å². The van der Waals surface area contributed by atoms with Crippen LogP contribution in [0.15, 0.2) is 23.3 Å². The van der Waals surface area contributed by atoms with E-state index in [1.54, 1.807) is 13.2 Å². The molecular weight excluding hydrogens is 230 g/mol. The number of hydrogen-bond donors (Lipinski definition) is 1. The Morgan fingerprint density at radius 1 is 1.28 bits per heavy atom. The number of benzene rings is 1. The van der Waals surface area contributed by atoms with Crippen LogP contribution >= 0.6 is 0 Å². The van der Waals surface area contributed by atoms with E-state index in [0.717, 1.165) is 28.1 Å². The molecular formula is C12H13N5O. The zero-order chi connectivity index (χ0) is 13.1. The van der Waals surface area contributed by atoms with Crippen LogP contribution in [0.2, 0.25) is 0 Å². The molecule has 0 saturated heterocycles. The summed E-state index contributed by atoms with van der Waals surface area (Å²) in [5.74, 6) is 1.25. The molecule has 0 spiro atoms. The molecule has 0 bridgehead atoms. The van der Waals surface area contributed by atoms with Crippen molar-refractivity contribution in [2.24, 2.45) is 5.11 Å². The summed E-state index contributed by atoms with van der Waals surface area (Å²) in [6.07, 6.45) is 0. The standard InChI is InChI=1S/C12H13N5O/c1-7-5-11(18-3)8(2)4-9(7)10-6-12(15-14-10)16-17-13/h4-6H,1-3H3,(H,14,15). The number of methoxy groups -OCH3 is 1. The molecule has 6 nitrogen and oxygen atoms in total. The van der Waals surface area contributed by atoms with Crippen LogP contribution < -0.4 is 4.74 Å². The Hall–Kier alpha value is -2.46. The molecule has 1 aromatic carbocycles. The van der Waals surface area contributed by atoms with E-state index in [1.165, 1.54) is 0 Å². The average Bonchev–Trinajstić information content (AvgIpc) is 2.80. The number of aromatic nitrogens is 2. The SMILES string of the molecule is COc1cc(C)c(-c2cc(N=[N+]=[N-])[nH]n2)cc1C. The summed E-state index contributed by atoms with van der Waals surface area (Å²) in [5.41, 5.74) is 12.2. The molecule has 2 aromatic rings. The van der Waals surface area contributed by atoms with Gasteiger partial charge in [-0.2, -0.15) is 5.10 Å². The first-order valence-corrected chi connectivity index (χ1v) is 5.42. The lowest BCUT2D eigenvalue weighted by atomic mass is 10.0. The Morgan fingerprint density at radius 2 is 2.06 bits per heavy atom. The third-order valence-electron chi connectivity index (χ3n) is 2.73. The van der Waals surface area contributed by atoms with E-state index in [0.29, 0.717) is 5.82 Å². The maximum absolute atomic E-state index is 8.36. The number of H-pyrrole nitrogens is 1. The van der Waals surface area contributed by atoms with Crippen molar-refractivity contribution in [2.45, 2.75) is 13.8 Å². The van der Waals surface area contributed by atoms with Crippen LogP contribution in [-0.4, -0.2) is 17.3 Å². The lowest BCUT2D eigenvalue weighted by Crippen LogP contribution is -1.91. The monoisotopic (exact) mass is 243 g/mol. The predicted octanol–water partition coefficient (Wildman–Crippen LogP) is 3.64. The van der Waals surface area contributed by atoms with Crippen molar-refractivity contribution >= 4 is 5.82 Å². The molecule has 1 N–H and O–H groups in total. The predicted molar refractivity (Wildman–Crippen MR) is 68.9 cm³/mol. The Labute approximate surface area is 104 Å². The first-order valence-electron chi connectivity index (χ1n) is 5.42. The first-order chi connectivity index (χ1) is 8.65. The zero-order valence-corrected chi connectivity index (χ0v) is 10.4. The third kappa shape index (κ3) is 2.14. The molecule has 0 amide bonds. The van der Waals surface area contributed by atoms with Crippen molar-refractivity contribution in [3.05, 3.63) is 39.8 Å². The van der Waals surface area contributed by atoms with Crippen molar-refractivity contribution < 1.29 is 4.74 Å². The summed E-state index contributed by atoms with van der Waals surface area (Å²) in [6, 6.07) is 5.69. The highest BCUT2D eigenvalue weighted by atomic mass is 16.5. The van der Waals surface area contributed by atoms with E-state index in [1.807, 2.05) is 26.0 Å². The third-order valence-corrected chi connectivity index (χ3v) is 2.73. The lowest BCUT2D eigenvalue weighted by Gasteiger charge is -2.09. The molecule has 18 heavy (non-hydrogen) atoms. The van der Waals surface area contributed by atoms with Crippen LogP contribution in [0.1, 0.15) is 11.1 Å². The van der Waals surface area contributed by atoms with Crippen LogP contribution in [0.25, 0.3) is 21.7 Å². The Bertz CT molecular complexity index is 625. The van der Waals surface area contributed by atoms with Gasteiger partial charge in [-0.1, -0.05) is 0 Å². The fraction of sp³-hybridized carbons (Fsp3) is 0.250. The zero-order valence-electron chi connectivity index (χ0n) is 10.4. The second-order valence-electron chi connectivity index (χ2n) is 3.96. The molecule has 6 heteroatoms. The van der Waals surface area contributed by atoms with E-state index >= 15 is 0 Å². The maximum Gasteiger partial charge on any atom is 0.122 e. The number of aryl methyl sites for hydroxylation is 2. The quantitative estimate of drug-likeness (QED) is 0.506. The number of hydrogen-bond acceptors (Lipinski definition) is 3. The highest BCUT2D eigenvalue weighted by Gasteiger charge is 2.09. The number of rotatable bonds is 3. The van der Waals surface area contributed by atoms with Gasteiger partial charge in [0, 0.05) is 10.5 Å². The van der Waals surface area contributed by atoms with E-state index in [4.69, 9.17) is 10.3 Å². The Kier molecular flexibility index (Phi) is 3.21. The maximum atomic E-state index is 8.36. The second-order valence-corrected chi connectivity index (χ2v) is 3.96. The minimum Gasteiger partial charge on any atom is -0.496 e. The van der Waals surface area contributed by atoms with Crippen molar-refractivity contribution in [1.82, 2.24) is 10.2 Å². The number of aromatic amines is 1. The van der Waals surface area contributed by atoms with E-state index in [2.05, 4.69) is 20.2 Å². The number of ether oxygens (including phenoxy) is 1.